The lowest BCUT2D eigenvalue weighted by atomic mass is 9.91. The van der Waals surface area contributed by atoms with Crippen molar-refractivity contribution in [3.63, 3.8) is 0 Å². The maximum atomic E-state index is 12.6. The molecule has 2 rings (SSSR count). The number of hydrogen-bond donors (Lipinski definition) is 1. The summed E-state index contributed by atoms with van der Waals surface area (Å²) in [6.07, 6.45) is 4.21. The van der Waals surface area contributed by atoms with E-state index in [1.165, 1.54) is 0 Å². The molecule has 0 heterocycles. The number of carbonyl (C=O) groups is 2. The largest absolute Gasteiger partial charge is 0.466 e. The van der Waals surface area contributed by atoms with Crippen LogP contribution >= 0.6 is 0 Å². The second kappa shape index (κ2) is 6.55. The topological polar surface area (TPSA) is 69.4 Å². The van der Waals surface area contributed by atoms with Gasteiger partial charge in [0.1, 0.15) is 0 Å². The summed E-state index contributed by atoms with van der Waals surface area (Å²) in [5.41, 5.74) is 7.64. The maximum Gasteiger partial charge on any atom is 0.310 e. The van der Waals surface area contributed by atoms with Crippen molar-refractivity contribution in [1.29, 1.82) is 0 Å². The van der Waals surface area contributed by atoms with Crippen LogP contribution in [0, 0.1) is 5.92 Å². The Morgan fingerprint density at radius 3 is 2.65 bits per heavy atom. The van der Waals surface area contributed by atoms with Crippen molar-refractivity contribution in [2.24, 2.45) is 5.92 Å². The fourth-order valence-corrected chi connectivity index (χ4v) is 2.75. The standard InChI is InChI=1S/C16H21NO3/c1-2-20-15(18)9-12-7-8-13(17)10-14(12)16(19)11-5-3-4-6-11/h7-8,10-11H,2-6,9,17H2,1H3. The Morgan fingerprint density at radius 2 is 2.00 bits per heavy atom. The minimum Gasteiger partial charge on any atom is -0.466 e. The van der Waals surface area contributed by atoms with E-state index in [1.54, 1.807) is 25.1 Å². The number of nitrogens with two attached hydrogens (primary N) is 1. The molecule has 108 valence electrons. The van der Waals surface area contributed by atoms with Gasteiger partial charge in [0.15, 0.2) is 5.78 Å². The molecule has 0 aliphatic heterocycles. The Labute approximate surface area is 119 Å². The van der Waals surface area contributed by atoms with E-state index >= 15 is 0 Å². The van der Waals surface area contributed by atoms with Crippen molar-refractivity contribution in [3.8, 4) is 0 Å². The first kappa shape index (κ1) is 14.6. The van der Waals surface area contributed by atoms with Gasteiger partial charge in [-0.3, -0.25) is 9.59 Å². The van der Waals surface area contributed by atoms with Crippen LogP contribution in [0.5, 0.6) is 0 Å². The minimum absolute atomic E-state index is 0.0812. The first-order valence-electron chi connectivity index (χ1n) is 7.20. The average molecular weight is 275 g/mol. The summed E-state index contributed by atoms with van der Waals surface area (Å²) in [4.78, 5) is 24.2. The molecule has 1 fully saturated rings. The SMILES string of the molecule is CCOC(=O)Cc1ccc(N)cc1C(=O)C1CCCC1. The van der Waals surface area contributed by atoms with Crippen molar-refractivity contribution in [1.82, 2.24) is 0 Å². The highest BCUT2D eigenvalue weighted by Gasteiger charge is 2.26. The quantitative estimate of drug-likeness (QED) is 0.509. The molecule has 4 heteroatoms. The van der Waals surface area contributed by atoms with Gasteiger partial charge in [-0.1, -0.05) is 18.9 Å². The fourth-order valence-electron chi connectivity index (χ4n) is 2.75. The van der Waals surface area contributed by atoms with Crippen LogP contribution in [0.25, 0.3) is 0 Å². The Bertz CT molecular complexity index is 504. The lowest BCUT2D eigenvalue weighted by Gasteiger charge is -2.13. The van der Waals surface area contributed by atoms with Crippen LogP contribution in [-0.4, -0.2) is 18.4 Å². The number of esters is 1. The Hall–Kier alpha value is -1.84. The molecule has 1 aliphatic rings. The minimum atomic E-state index is -0.308. The third-order valence-electron chi connectivity index (χ3n) is 3.77. The molecule has 0 atom stereocenters. The number of nitrogen functional groups attached to an aromatic ring is 1. The number of rotatable bonds is 5. The fraction of sp³-hybridized carbons (Fsp3) is 0.500. The smallest absolute Gasteiger partial charge is 0.310 e. The van der Waals surface area contributed by atoms with Gasteiger partial charge in [-0.25, -0.2) is 0 Å². The summed E-state index contributed by atoms with van der Waals surface area (Å²) in [5, 5.41) is 0. The van der Waals surface area contributed by atoms with E-state index in [1.807, 2.05) is 0 Å². The highest BCUT2D eigenvalue weighted by molar-refractivity contribution is 6.00. The van der Waals surface area contributed by atoms with Gasteiger partial charge in [0.05, 0.1) is 13.0 Å². The molecule has 0 saturated heterocycles. The van der Waals surface area contributed by atoms with Crippen molar-refractivity contribution >= 4 is 17.4 Å². The van der Waals surface area contributed by atoms with E-state index in [4.69, 9.17) is 10.5 Å². The van der Waals surface area contributed by atoms with Crippen LogP contribution in [-0.2, 0) is 16.0 Å². The van der Waals surface area contributed by atoms with Gasteiger partial charge >= 0.3 is 5.97 Å². The summed E-state index contributed by atoms with van der Waals surface area (Å²) in [6, 6.07) is 5.17. The molecular weight excluding hydrogens is 254 g/mol. The summed E-state index contributed by atoms with van der Waals surface area (Å²) < 4.78 is 4.95. The van der Waals surface area contributed by atoms with Crippen molar-refractivity contribution in [2.45, 2.75) is 39.0 Å². The van der Waals surface area contributed by atoms with Crippen molar-refractivity contribution < 1.29 is 14.3 Å². The summed E-state index contributed by atoms with van der Waals surface area (Å²) >= 11 is 0. The van der Waals surface area contributed by atoms with Crippen LogP contribution in [0.15, 0.2) is 18.2 Å². The molecule has 0 aromatic heterocycles. The molecular formula is C16H21NO3. The summed E-state index contributed by atoms with van der Waals surface area (Å²) in [7, 11) is 0. The molecule has 2 N–H and O–H groups in total. The molecule has 4 nitrogen and oxygen atoms in total. The van der Waals surface area contributed by atoms with Crippen LogP contribution in [0.4, 0.5) is 5.69 Å². The Kier molecular flexibility index (Phi) is 4.77. The molecule has 0 spiro atoms. The third kappa shape index (κ3) is 3.38. The first-order valence-corrected chi connectivity index (χ1v) is 7.20. The van der Waals surface area contributed by atoms with E-state index in [-0.39, 0.29) is 24.1 Å². The average Bonchev–Trinajstić information content (AvgIpc) is 2.94. The number of anilines is 1. The van der Waals surface area contributed by atoms with Gasteiger partial charge in [-0.05, 0) is 37.5 Å². The number of ketones is 1. The van der Waals surface area contributed by atoms with E-state index in [9.17, 15) is 9.59 Å². The normalized spacial score (nSPS) is 15.2. The second-order valence-electron chi connectivity index (χ2n) is 5.24. The van der Waals surface area contributed by atoms with Crippen molar-refractivity contribution in [3.05, 3.63) is 29.3 Å². The zero-order chi connectivity index (χ0) is 14.5. The highest BCUT2D eigenvalue weighted by atomic mass is 16.5. The number of Topliss-reactive ketones (excluding diaryl/α,β-unsaturated/α-hetero) is 1. The summed E-state index contributed by atoms with van der Waals surface area (Å²) in [6.45, 7) is 2.12. The molecule has 0 amide bonds. The predicted octanol–water partition coefficient (Wildman–Crippen LogP) is 2.75. The molecule has 20 heavy (non-hydrogen) atoms. The third-order valence-corrected chi connectivity index (χ3v) is 3.77. The molecule has 0 bridgehead atoms. The maximum absolute atomic E-state index is 12.6. The van der Waals surface area contributed by atoms with Gasteiger partial charge in [0.2, 0.25) is 0 Å². The van der Waals surface area contributed by atoms with Gasteiger partial charge < -0.3 is 10.5 Å². The Balaban J connectivity index is 2.23. The monoisotopic (exact) mass is 275 g/mol. The number of hydrogen-bond acceptors (Lipinski definition) is 4. The van der Waals surface area contributed by atoms with Gasteiger partial charge in [0, 0.05) is 17.2 Å². The van der Waals surface area contributed by atoms with Crippen LogP contribution in [0.2, 0.25) is 0 Å². The van der Waals surface area contributed by atoms with E-state index in [2.05, 4.69) is 0 Å². The first-order chi connectivity index (χ1) is 9.61. The number of ether oxygens (including phenoxy) is 1. The van der Waals surface area contributed by atoms with Gasteiger partial charge in [-0.15, -0.1) is 0 Å². The number of carbonyl (C=O) groups excluding carboxylic acids is 2. The van der Waals surface area contributed by atoms with Crippen molar-refractivity contribution in [2.75, 3.05) is 12.3 Å². The second-order valence-corrected chi connectivity index (χ2v) is 5.24. The van der Waals surface area contributed by atoms with Crippen LogP contribution in [0.1, 0.15) is 48.5 Å². The lowest BCUT2D eigenvalue weighted by Crippen LogP contribution is -2.16. The van der Waals surface area contributed by atoms with E-state index < -0.39 is 0 Å². The van der Waals surface area contributed by atoms with Crippen LogP contribution in [0.3, 0.4) is 0 Å². The number of benzene rings is 1. The zero-order valence-corrected chi connectivity index (χ0v) is 11.9. The van der Waals surface area contributed by atoms with Gasteiger partial charge in [-0.2, -0.15) is 0 Å². The van der Waals surface area contributed by atoms with E-state index in [0.717, 1.165) is 31.2 Å². The van der Waals surface area contributed by atoms with E-state index in [0.29, 0.717) is 17.9 Å². The molecule has 1 saturated carbocycles. The molecule has 0 unspecified atom stereocenters. The highest BCUT2D eigenvalue weighted by Crippen LogP contribution is 2.30. The summed E-state index contributed by atoms with van der Waals surface area (Å²) in [5.74, 6) is -0.107. The molecule has 1 aromatic rings. The lowest BCUT2D eigenvalue weighted by molar-refractivity contribution is -0.142. The molecule has 0 radical (unpaired) electrons. The van der Waals surface area contributed by atoms with Crippen LogP contribution < -0.4 is 5.73 Å². The predicted molar refractivity (Wildman–Crippen MR) is 77.5 cm³/mol. The molecule has 1 aromatic carbocycles. The van der Waals surface area contributed by atoms with Gasteiger partial charge in [0.25, 0.3) is 0 Å². The molecule has 1 aliphatic carbocycles. The zero-order valence-electron chi connectivity index (χ0n) is 11.9. The Morgan fingerprint density at radius 1 is 1.30 bits per heavy atom.